The fraction of sp³-hybridized carbons (Fsp3) is 0.647. The van der Waals surface area contributed by atoms with Gasteiger partial charge in [-0.1, -0.05) is 27.7 Å². The number of halogens is 1. The Bertz CT molecular complexity index is 683. The summed E-state index contributed by atoms with van der Waals surface area (Å²) in [6.45, 7) is 14.4. The van der Waals surface area contributed by atoms with Crippen LogP contribution in [0, 0.1) is 23.7 Å². The maximum atomic E-state index is 6.37. The zero-order chi connectivity index (χ0) is 15.6. The lowest BCUT2D eigenvalue weighted by Gasteiger charge is -2.11. The van der Waals surface area contributed by atoms with Gasteiger partial charge in [0.2, 0.25) is 0 Å². The summed E-state index contributed by atoms with van der Waals surface area (Å²) in [5.74, 6) is 1.56. The third-order valence-corrected chi connectivity index (χ3v) is 6.10. The Labute approximate surface area is 131 Å². The highest BCUT2D eigenvalue weighted by Gasteiger charge is 2.64. The van der Waals surface area contributed by atoms with Gasteiger partial charge in [-0.2, -0.15) is 0 Å². The molecule has 2 aromatic rings. The molecule has 4 heteroatoms. The zero-order valence-electron chi connectivity index (χ0n) is 13.7. The maximum absolute atomic E-state index is 6.37. The summed E-state index contributed by atoms with van der Waals surface area (Å²) >= 11 is 6.37. The molecule has 0 amide bonds. The van der Waals surface area contributed by atoms with E-state index in [2.05, 4.69) is 44.2 Å². The summed E-state index contributed by atoms with van der Waals surface area (Å²) < 4.78 is 2.24. The van der Waals surface area contributed by atoms with E-state index >= 15 is 0 Å². The van der Waals surface area contributed by atoms with Crippen LogP contribution >= 0.6 is 11.6 Å². The van der Waals surface area contributed by atoms with Crippen LogP contribution in [0.15, 0.2) is 12.3 Å². The quantitative estimate of drug-likeness (QED) is 0.768. The number of aryl methyl sites for hydroxylation is 1. The molecule has 2 heterocycles. The molecule has 1 fully saturated rings. The Morgan fingerprint density at radius 1 is 1.29 bits per heavy atom. The molecule has 0 N–H and O–H groups in total. The largest absolute Gasteiger partial charge is 0.311 e. The van der Waals surface area contributed by atoms with Gasteiger partial charge in [0.05, 0.1) is 5.38 Å². The molecule has 2 aromatic heterocycles. The van der Waals surface area contributed by atoms with Gasteiger partial charge < -0.3 is 4.57 Å². The number of alkyl halides is 1. The highest BCUT2D eigenvalue weighted by molar-refractivity contribution is 6.20. The molecule has 0 aromatic carbocycles. The second-order valence-corrected chi connectivity index (χ2v) is 8.15. The molecule has 3 nitrogen and oxygen atoms in total. The molecule has 114 valence electrons. The van der Waals surface area contributed by atoms with Crippen molar-refractivity contribution in [3.05, 3.63) is 23.7 Å². The van der Waals surface area contributed by atoms with E-state index in [-0.39, 0.29) is 5.38 Å². The monoisotopic (exact) mass is 305 g/mol. The predicted molar refractivity (Wildman–Crippen MR) is 87.6 cm³/mol. The molecule has 0 radical (unpaired) electrons. The Morgan fingerprint density at radius 3 is 2.43 bits per heavy atom. The molecule has 3 rings (SSSR count). The lowest BCUT2D eigenvalue weighted by Crippen LogP contribution is -2.09. The summed E-state index contributed by atoms with van der Waals surface area (Å²) in [4.78, 5) is 9.32. The molecule has 1 atom stereocenters. The molecule has 21 heavy (non-hydrogen) atoms. The smallest absolute Gasteiger partial charge is 0.160 e. The topological polar surface area (TPSA) is 30.7 Å². The second kappa shape index (κ2) is 4.45. The minimum Gasteiger partial charge on any atom is -0.311 e. The third-order valence-electron chi connectivity index (χ3n) is 5.91. The van der Waals surface area contributed by atoms with Gasteiger partial charge in [0, 0.05) is 12.7 Å². The fourth-order valence-corrected chi connectivity index (χ4v) is 3.78. The number of imidazole rings is 1. The zero-order valence-corrected chi connectivity index (χ0v) is 14.5. The first kappa shape index (κ1) is 14.8. The van der Waals surface area contributed by atoms with E-state index in [9.17, 15) is 0 Å². The average molecular weight is 306 g/mol. The van der Waals surface area contributed by atoms with Gasteiger partial charge in [-0.15, -0.1) is 11.6 Å². The number of hydrogen-bond donors (Lipinski definition) is 0. The lowest BCUT2D eigenvalue weighted by atomic mass is 10.0. The summed E-state index contributed by atoms with van der Waals surface area (Å²) in [5.41, 5.74) is 3.81. The number of nitrogens with zero attached hydrogens (tertiary/aromatic N) is 3. The van der Waals surface area contributed by atoms with Crippen LogP contribution in [0.3, 0.4) is 0 Å². The Balaban J connectivity index is 2.10. The first-order valence-corrected chi connectivity index (χ1v) is 8.07. The van der Waals surface area contributed by atoms with Crippen LogP contribution in [0.2, 0.25) is 0 Å². The Kier molecular flexibility index (Phi) is 3.14. The van der Waals surface area contributed by atoms with E-state index in [1.165, 1.54) is 0 Å². The van der Waals surface area contributed by atoms with Crippen molar-refractivity contribution in [3.63, 3.8) is 0 Å². The molecule has 0 spiro atoms. The summed E-state index contributed by atoms with van der Waals surface area (Å²) in [5, 5.41) is -0.108. The van der Waals surface area contributed by atoms with Crippen LogP contribution in [-0.2, 0) is 6.54 Å². The number of rotatable bonds is 3. The van der Waals surface area contributed by atoms with E-state index in [4.69, 9.17) is 16.6 Å². The van der Waals surface area contributed by atoms with Gasteiger partial charge in [-0.05, 0) is 42.2 Å². The Morgan fingerprint density at radius 2 is 1.90 bits per heavy atom. The maximum Gasteiger partial charge on any atom is 0.160 e. The minimum absolute atomic E-state index is 0.108. The van der Waals surface area contributed by atoms with Crippen LogP contribution < -0.4 is 0 Å². The van der Waals surface area contributed by atoms with Gasteiger partial charge in [0.1, 0.15) is 11.3 Å². The first-order valence-electron chi connectivity index (χ1n) is 7.63. The van der Waals surface area contributed by atoms with Crippen molar-refractivity contribution in [3.8, 4) is 0 Å². The van der Waals surface area contributed by atoms with Gasteiger partial charge in [0.15, 0.2) is 5.65 Å². The standard InChI is InChI=1S/C17H24ClN3/c1-10-7-8-19-15-13(10)20-14(11(2)18)21(15)9-12-16(3,4)17(12,5)6/h7-8,11-12H,9H2,1-6H3. The van der Waals surface area contributed by atoms with Crippen molar-refractivity contribution in [2.45, 2.75) is 53.5 Å². The molecule has 0 saturated heterocycles. The summed E-state index contributed by atoms with van der Waals surface area (Å²) in [7, 11) is 0. The molecule has 0 bridgehead atoms. The number of aromatic nitrogens is 3. The van der Waals surface area contributed by atoms with Crippen LogP contribution in [0.25, 0.3) is 11.2 Å². The van der Waals surface area contributed by atoms with Crippen molar-refractivity contribution in [1.29, 1.82) is 0 Å². The SMILES string of the molecule is Cc1ccnc2c1nc(C(C)Cl)n2CC1C(C)(C)C1(C)C. The van der Waals surface area contributed by atoms with Crippen molar-refractivity contribution in [2.24, 2.45) is 16.7 Å². The number of fused-ring (bicyclic) bond motifs is 1. The van der Waals surface area contributed by atoms with Crippen molar-refractivity contribution >= 4 is 22.8 Å². The van der Waals surface area contributed by atoms with Gasteiger partial charge in [0.25, 0.3) is 0 Å². The van der Waals surface area contributed by atoms with Crippen molar-refractivity contribution in [2.75, 3.05) is 0 Å². The third kappa shape index (κ3) is 2.01. The van der Waals surface area contributed by atoms with E-state index in [1.807, 2.05) is 19.2 Å². The number of hydrogen-bond acceptors (Lipinski definition) is 2. The number of pyridine rings is 1. The molecule has 1 unspecified atom stereocenters. The van der Waals surface area contributed by atoms with E-state index in [0.29, 0.717) is 16.7 Å². The first-order chi connectivity index (χ1) is 9.68. The normalized spacial score (nSPS) is 21.7. The van der Waals surface area contributed by atoms with E-state index in [0.717, 1.165) is 29.1 Å². The minimum atomic E-state index is -0.108. The molecule has 1 aliphatic carbocycles. The van der Waals surface area contributed by atoms with E-state index in [1.54, 1.807) is 0 Å². The Hall–Kier alpha value is -1.09. The summed E-state index contributed by atoms with van der Waals surface area (Å²) in [6.07, 6.45) is 1.86. The van der Waals surface area contributed by atoms with Crippen LogP contribution in [0.5, 0.6) is 0 Å². The van der Waals surface area contributed by atoms with E-state index < -0.39 is 0 Å². The van der Waals surface area contributed by atoms with Crippen molar-refractivity contribution in [1.82, 2.24) is 14.5 Å². The average Bonchev–Trinajstić information content (AvgIpc) is 2.72. The highest BCUT2D eigenvalue weighted by atomic mass is 35.5. The van der Waals surface area contributed by atoms with Gasteiger partial charge >= 0.3 is 0 Å². The molecular weight excluding hydrogens is 282 g/mol. The predicted octanol–water partition coefficient (Wildman–Crippen LogP) is 4.72. The van der Waals surface area contributed by atoms with Crippen LogP contribution in [0.4, 0.5) is 0 Å². The highest BCUT2D eigenvalue weighted by Crippen LogP contribution is 2.69. The van der Waals surface area contributed by atoms with Crippen LogP contribution in [-0.4, -0.2) is 14.5 Å². The fourth-order valence-electron chi connectivity index (χ4n) is 3.61. The molecule has 1 saturated carbocycles. The lowest BCUT2D eigenvalue weighted by molar-refractivity contribution is 0.457. The second-order valence-electron chi connectivity index (χ2n) is 7.49. The van der Waals surface area contributed by atoms with Crippen LogP contribution in [0.1, 0.15) is 51.4 Å². The molecule has 0 aliphatic heterocycles. The van der Waals surface area contributed by atoms with Gasteiger partial charge in [-0.3, -0.25) is 0 Å². The summed E-state index contributed by atoms with van der Waals surface area (Å²) in [6, 6.07) is 2.01. The van der Waals surface area contributed by atoms with Gasteiger partial charge in [-0.25, -0.2) is 9.97 Å². The molecule has 1 aliphatic rings. The molecular formula is C17H24ClN3. The van der Waals surface area contributed by atoms with Crippen molar-refractivity contribution < 1.29 is 0 Å².